The number of nitrogens with zero attached hydrogens (tertiary/aromatic N) is 1. The minimum atomic E-state index is -0.430. The zero-order chi connectivity index (χ0) is 15.8. The van der Waals surface area contributed by atoms with Gasteiger partial charge in [0.2, 0.25) is 0 Å². The highest BCUT2D eigenvalue weighted by atomic mass is 16.5. The molecule has 2 fully saturated rings. The summed E-state index contributed by atoms with van der Waals surface area (Å²) >= 11 is 0. The Morgan fingerprint density at radius 3 is 2.29 bits per heavy atom. The number of hydrogen-bond donors (Lipinski definition) is 1. The molecule has 3 unspecified atom stereocenters. The topological polar surface area (TPSA) is 32.7 Å². The summed E-state index contributed by atoms with van der Waals surface area (Å²) < 4.78 is 6.12. The second-order valence-electron chi connectivity index (χ2n) is 8.60. The van der Waals surface area contributed by atoms with Crippen LogP contribution in [0.1, 0.15) is 60.8 Å². The lowest BCUT2D eigenvalue weighted by molar-refractivity contribution is -0.0913. The van der Waals surface area contributed by atoms with Crippen molar-refractivity contribution in [3.05, 3.63) is 0 Å². The van der Waals surface area contributed by atoms with E-state index >= 15 is 0 Å². The van der Waals surface area contributed by atoms with Crippen LogP contribution in [0, 0.1) is 17.8 Å². The quantitative estimate of drug-likeness (QED) is 0.867. The Morgan fingerprint density at radius 2 is 1.76 bits per heavy atom. The van der Waals surface area contributed by atoms with Crippen molar-refractivity contribution in [2.75, 3.05) is 19.6 Å². The van der Waals surface area contributed by atoms with Gasteiger partial charge in [0.05, 0.1) is 17.3 Å². The van der Waals surface area contributed by atoms with E-state index in [1.165, 1.54) is 32.4 Å². The third-order valence-electron chi connectivity index (χ3n) is 5.78. The lowest BCUT2D eigenvalue weighted by atomic mass is 9.84. The first-order valence-electron chi connectivity index (χ1n) is 8.74. The van der Waals surface area contributed by atoms with Crippen molar-refractivity contribution in [3.63, 3.8) is 0 Å². The minimum Gasteiger partial charge on any atom is -0.390 e. The van der Waals surface area contributed by atoms with Gasteiger partial charge in [-0.05, 0) is 71.9 Å². The first-order valence-corrected chi connectivity index (χ1v) is 8.74. The molecule has 0 radical (unpaired) electrons. The monoisotopic (exact) mass is 297 g/mol. The molecule has 0 spiro atoms. The highest BCUT2D eigenvalue weighted by molar-refractivity contribution is 5.02. The van der Waals surface area contributed by atoms with Gasteiger partial charge in [0.15, 0.2) is 0 Å². The summed E-state index contributed by atoms with van der Waals surface area (Å²) in [5.41, 5.74) is -0.673. The highest BCUT2D eigenvalue weighted by Crippen LogP contribution is 2.42. The number of ether oxygens (including phenoxy) is 1. The summed E-state index contributed by atoms with van der Waals surface area (Å²) in [5, 5.41) is 10.6. The van der Waals surface area contributed by atoms with Crippen molar-refractivity contribution in [1.82, 2.24) is 4.90 Å². The minimum absolute atomic E-state index is 0.197. The molecular formula is C18H35NO2. The molecule has 3 heteroatoms. The van der Waals surface area contributed by atoms with Crippen LogP contribution in [0.4, 0.5) is 0 Å². The second kappa shape index (κ2) is 6.17. The van der Waals surface area contributed by atoms with Gasteiger partial charge in [0.25, 0.3) is 0 Å². The summed E-state index contributed by atoms with van der Waals surface area (Å²) in [6.45, 7) is 16.3. The molecule has 2 aliphatic rings. The zero-order valence-electron chi connectivity index (χ0n) is 14.9. The van der Waals surface area contributed by atoms with Crippen molar-refractivity contribution in [2.45, 2.75) is 78.1 Å². The van der Waals surface area contributed by atoms with E-state index < -0.39 is 5.60 Å². The Labute approximate surface area is 131 Å². The van der Waals surface area contributed by atoms with Gasteiger partial charge in [0.1, 0.15) is 0 Å². The Balaban J connectivity index is 1.98. The Kier molecular flexibility index (Phi) is 5.07. The van der Waals surface area contributed by atoms with Crippen LogP contribution in [0.2, 0.25) is 0 Å². The van der Waals surface area contributed by atoms with Crippen LogP contribution in [-0.2, 0) is 4.74 Å². The first kappa shape index (κ1) is 17.2. The SMILES string of the molecule is CC(C)C1CCCN(CC2C(O)C(C)(C)OC2(C)C)CC1. The molecule has 21 heavy (non-hydrogen) atoms. The predicted octanol–water partition coefficient (Wildman–Crippen LogP) is 3.31. The van der Waals surface area contributed by atoms with Crippen LogP contribution < -0.4 is 0 Å². The normalized spacial score (nSPS) is 36.9. The van der Waals surface area contributed by atoms with Gasteiger partial charge in [-0.3, -0.25) is 0 Å². The van der Waals surface area contributed by atoms with Gasteiger partial charge in [-0.1, -0.05) is 13.8 Å². The van der Waals surface area contributed by atoms with Crippen LogP contribution in [0.3, 0.4) is 0 Å². The lowest BCUT2D eigenvalue weighted by Gasteiger charge is -2.32. The number of rotatable bonds is 3. The fraction of sp³-hybridized carbons (Fsp3) is 1.00. The van der Waals surface area contributed by atoms with Crippen LogP contribution in [-0.4, -0.2) is 46.9 Å². The molecule has 0 saturated carbocycles. The van der Waals surface area contributed by atoms with Crippen LogP contribution in [0.25, 0.3) is 0 Å². The van der Waals surface area contributed by atoms with Gasteiger partial charge < -0.3 is 14.7 Å². The first-order chi connectivity index (χ1) is 9.63. The lowest BCUT2D eigenvalue weighted by Crippen LogP contribution is -2.43. The fourth-order valence-electron chi connectivity index (χ4n) is 4.31. The van der Waals surface area contributed by atoms with E-state index in [2.05, 4.69) is 32.6 Å². The van der Waals surface area contributed by atoms with Gasteiger partial charge in [-0.15, -0.1) is 0 Å². The number of likely N-dealkylation sites (tertiary alicyclic amines) is 1. The van der Waals surface area contributed by atoms with Gasteiger partial charge in [0, 0.05) is 12.5 Å². The third kappa shape index (κ3) is 3.80. The summed E-state index contributed by atoms with van der Waals surface area (Å²) in [6.07, 6.45) is 3.56. The van der Waals surface area contributed by atoms with E-state index in [1.54, 1.807) is 0 Å². The average molecular weight is 297 g/mol. The molecule has 2 aliphatic heterocycles. The molecule has 0 aromatic rings. The molecular weight excluding hydrogens is 262 g/mol. The molecule has 1 N–H and O–H groups in total. The van der Waals surface area contributed by atoms with Crippen molar-refractivity contribution < 1.29 is 9.84 Å². The maximum Gasteiger partial charge on any atom is 0.0896 e. The molecule has 3 nitrogen and oxygen atoms in total. The van der Waals surface area contributed by atoms with Crippen LogP contribution in [0.5, 0.6) is 0 Å². The zero-order valence-corrected chi connectivity index (χ0v) is 14.9. The largest absolute Gasteiger partial charge is 0.390 e. The standard InChI is InChI=1S/C18H35NO2/c1-13(2)14-8-7-10-19(11-9-14)12-15-16(20)18(5,6)21-17(15,3)4/h13-16,20H,7-12H2,1-6H3. The fourth-order valence-corrected chi connectivity index (χ4v) is 4.31. The molecule has 2 saturated heterocycles. The third-order valence-corrected chi connectivity index (χ3v) is 5.78. The number of hydrogen-bond acceptors (Lipinski definition) is 3. The van der Waals surface area contributed by atoms with Gasteiger partial charge >= 0.3 is 0 Å². The van der Waals surface area contributed by atoms with Gasteiger partial charge in [-0.25, -0.2) is 0 Å². The molecule has 0 aliphatic carbocycles. The summed E-state index contributed by atoms with van der Waals surface area (Å²) in [7, 11) is 0. The molecule has 2 heterocycles. The Bertz CT molecular complexity index is 351. The van der Waals surface area contributed by atoms with E-state index in [9.17, 15) is 5.11 Å². The van der Waals surface area contributed by atoms with Crippen LogP contribution >= 0.6 is 0 Å². The van der Waals surface area contributed by atoms with Crippen molar-refractivity contribution >= 4 is 0 Å². The Morgan fingerprint density at radius 1 is 1.10 bits per heavy atom. The summed E-state index contributed by atoms with van der Waals surface area (Å²) in [6, 6.07) is 0. The highest BCUT2D eigenvalue weighted by Gasteiger charge is 2.53. The molecule has 0 aromatic heterocycles. The van der Waals surface area contributed by atoms with E-state index in [1.807, 2.05) is 13.8 Å². The molecule has 0 bridgehead atoms. The van der Waals surface area contributed by atoms with E-state index in [0.717, 1.165) is 18.4 Å². The van der Waals surface area contributed by atoms with E-state index in [0.29, 0.717) is 0 Å². The average Bonchev–Trinajstić information content (AvgIpc) is 2.54. The summed E-state index contributed by atoms with van der Waals surface area (Å²) in [5.74, 6) is 1.85. The number of aliphatic hydroxyl groups is 1. The maximum atomic E-state index is 10.6. The Hall–Kier alpha value is -0.120. The van der Waals surface area contributed by atoms with E-state index in [4.69, 9.17) is 4.74 Å². The molecule has 124 valence electrons. The van der Waals surface area contributed by atoms with Crippen LogP contribution in [0.15, 0.2) is 0 Å². The molecule has 0 aromatic carbocycles. The second-order valence-corrected chi connectivity index (χ2v) is 8.60. The van der Waals surface area contributed by atoms with Crippen molar-refractivity contribution in [3.8, 4) is 0 Å². The number of aliphatic hydroxyl groups excluding tert-OH is 1. The molecule has 0 amide bonds. The van der Waals surface area contributed by atoms with Gasteiger partial charge in [-0.2, -0.15) is 0 Å². The summed E-state index contributed by atoms with van der Waals surface area (Å²) in [4.78, 5) is 2.56. The predicted molar refractivity (Wildman–Crippen MR) is 87.4 cm³/mol. The van der Waals surface area contributed by atoms with Crippen molar-refractivity contribution in [1.29, 1.82) is 0 Å². The van der Waals surface area contributed by atoms with E-state index in [-0.39, 0.29) is 17.6 Å². The molecule has 3 atom stereocenters. The smallest absolute Gasteiger partial charge is 0.0896 e. The van der Waals surface area contributed by atoms with Crippen molar-refractivity contribution in [2.24, 2.45) is 17.8 Å². The maximum absolute atomic E-state index is 10.6. The molecule has 2 rings (SSSR count).